The van der Waals surface area contributed by atoms with Crippen molar-refractivity contribution in [3.63, 3.8) is 0 Å². The number of aryl methyl sites for hydroxylation is 1. The smallest absolute Gasteiger partial charge is 0.346 e. The Morgan fingerprint density at radius 3 is 2.52 bits per heavy atom. The molecule has 140 valence electrons. The molecule has 0 unspecified atom stereocenters. The molecule has 0 amide bonds. The predicted molar refractivity (Wildman–Crippen MR) is 100 cm³/mol. The summed E-state index contributed by atoms with van der Waals surface area (Å²) in [6, 6.07) is 11.0. The fourth-order valence-corrected chi connectivity index (χ4v) is 2.99. The maximum atomic E-state index is 13.4. The van der Waals surface area contributed by atoms with Crippen molar-refractivity contribution in [2.45, 2.75) is 26.4 Å². The highest BCUT2D eigenvalue weighted by Crippen LogP contribution is 2.38. The van der Waals surface area contributed by atoms with Gasteiger partial charge in [0.15, 0.2) is 6.10 Å². The molecule has 0 fully saturated rings. The van der Waals surface area contributed by atoms with E-state index < -0.39 is 12.1 Å². The molecule has 0 radical (unpaired) electrons. The molecule has 0 bridgehead atoms. The molecule has 0 saturated carbocycles. The van der Waals surface area contributed by atoms with Gasteiger partial charge in [-0.2, -0.15) is 0 Å². The molecular formula is C21H20FNO4. The van der Waals surface area contributed by atoms with E-state index in [1.54, 1.807) is 31.2 Å². The Bertz CT molecular complexity index is 986. The molecule has 2 aromatic carbocycles. The lowest BCUT2D eigenvalue weighted by atomic mass is 9.96. The topological polar surface area (TPSA) is 68.7 Å². The van der Waals surface area contributed by atoms with E-state index in [1.165, 1.54) is 25.3 Å². The molecule has 1 heterocycles. The van der Waals surface area contributed by atoms with Gasteiger partial charge >= 0.3 is 5.97 Å². The standard InChI is InChI=1S/C21H20FNO4/c1-4-18-19(13-5-7-14(22)8-6-13)16-10-9-15(24)11-17(16)20(23-18)27-12(2)21(25)26-3/h5-12,24H,4H2,1-3H3/t12-/m0/s1. The van der Waals surface area contributed by atoms with E-state index in [0.717, 1.165) is 22.2 Å². The van der Waals surface area contributed by atoms with Crippen molar-refractivity contribution < 1.29 is 23.8 Å². The SMILES string of the molecule is CCc1nc(O[C@@H](C)C(=O)OC)c2cc(O)ccc2c1-c1ccc(F)cc1. The van der Waals surface area contributed by atoms with Gasteiger partial charge in [0, 0.05) is 10.9 Å². The number of ether oxygens (including phenoxy) is 2. The second-order valence-corrected chi connectivity index (χ2v) is 6.11. The first-order chi connectivity index (χ1) is 12.9. The lowest BCUT2D eigenvalue weighted by molar-refractivity contribution is -0.148. The summed E-state index contributed by atoms with van der Waals surface area (Å²) in [6.07, 6.45) is -0.249. The summed E-state index contributed by atoms with van der Waals surface area (Å²) >= 11 is 0. The molecule has 0 spiro atoms. The largest absolute Gasteiger partial charge is 0.508 e. The minimum Gasteiger partial charge on any atom is -0.508 e. The zero-order valence-electron chi connectivity index (χ0n) is 15.3. The third-order valence-electron chi connectivity index (χ3n) is 4.32. The molecule has 0 aliphatic carbocycles. The molecule has 0 aliphatic heterocycles. The van der Waals surface area contributed by atoms with Gasteiger partial charge in [0.25, 0.3) is 0 Å². The highest BCUT2D eigenvalue weighted by Gasteiger charge is 2.21. The minimum atomic E-state index is -0.852. The Morgan fingerprint density at radius 1 is 1.19 bits per heavy atom. The number of aromatic nitrogens is 1. The number of pyridine rings is 1. The van der Waals surface area contributed by atoms with Crippen molar-refractivity contribution in [3.05, 3.63) is 54.0 Å². The number of halogens is 1. The average Bonchev–Trinajstić information content (AvgIpc) is 2.67. The van der Waals surface area contributed by atoms with Crippen LogP contribution in [0, 0.1) is 5.82 Å². The second-order valence-electron chi connectivity index (χ2n) is 6.11. The molecule has 0 saturated heterocycles. The van der Waals surface area contributed by atoms with Crippen LogP contribution in [0.2, 0.25) is 0 Å². The van der Waals surface area contributed by atoms with Crippen molar-refractivity contribution >= 4 is 16.7 Å². The van der Waals surface area contributed by atoms with Crippen LogP contribution >= 0.6 is 0 Å². The van der Waals surface area contributed by atoms with Crippen LogP contribution in [0.15, 0.2) is 42.5 Å². The Hall–Kier alpha value is -3.15. The zero-order valence-corrected chi connectivity index (χ0v) is 15.3. The van der Waals surface area contributed by atoms with Gasteiger partial charge in [-0.1, -0.05) is 19.1 Å². The third kappa shape index (κ3) is 3.69. The van der Waals surface area contributed by atoms with Crippen molar-refractivity contribution in [1.82, 2.24) is 4.98 Å². The van der Waals surface area contributed by atoms with Gasteiger partial charge in [-0.05, 0) is 54.6 Å². The number of rotatable bonds is 5. The quantitative estimate of drug-likeness (QED) is 0.681. The monoisotopic (exact) mass is 369 g/mol. The van der Waals surface area contributed by atoms with E-state index in [-0.39, 0.29) is 17.4 Å². The first kappa shape index (κ1) is 18.6. The lowest BCUT2D eigenvalue weighted by Crippen LogP contribution is -2.25. The fourth-order valence-electron chi connectivity index (χ4n) is 2.99. The van der Waals surface area contributed by atoms with Gasteiger partial charge in [-0.25, -0.2) is 14.2 Å². The normalized spacial score (nSPS) is 12.0. The molecule has 27 heavy (non-hydrogen) atoms. The molecule has 6 heteroatoms. The summed E-state index contributed by atoms with van der Waals surface area (Å²) in [5.74, 6) is -0.556. The first-order valence-electron chi connectivity index (χ1n) is 8.60. The van der Waals surface area contributed by atoms with E-state index in [0.29, 0.717) is 11.8 Å². The van der Waals surface area contributed by atoms with Gasteiger partial charge in [-0.15, -0.1) is 0 Å². The Labute approximate surface area is 156 Å². The zero-order chi connectivity index (χ0) is 19.6. The molecule has 5 nitrogen and oxygen atoms in total. The predicted octanol–water partition coefficient (Wildman–Crippen LogP) is 4.25. The molecule has 3 rings (SSSR count). The number of carbonyl (C=O) groups is 1. The second kappa shape index (κ2) is 7.61. The van der Waals surface area contributed by atoms with Crippen molar-refractivity contribution in [2.75, 3.05) is 7.11 Å². The number of hydrogen-bond acceptors (Lipinski definition) is 5. The highest BCUT2D eigenvalue weighted by molar-refractivity contribution is 6.01. The van der Waals surface area contributed by atoms with E-state index in [9.17, 15) is 14.3 Å². The van der Waals surface area contributed by atoms with Crippen LogP contribution in [0.3, 0.4) is 0 Å². The van der Waals surface area contributed by atoms with Gasteiger partial charge in [-0.3, -0.25) is 0 Å². The number of methoxy groups -OCH3 is 1. The van der Waals surface area contributed by atoms with E-state index >= 15 is 0 Å². The minimum absolute atomic E-state index is 0.0502. The number of carbonyl (C=O) groups excluding carboxylic acids is 1. The number of phenols is 1. The molecule has 1 N–H and O–H groups in total. The van der Waals surface area contributed by atoms with Crippen molar-refractivity contribution in [1.29, 1.82) is 0 Å². The Kier molecular flexibility index (Phi) is 5.26. The number of hydrogen-bond donors (Lipinski definition) is 1. The highest BCUT2D eigenvalue weighted by atomic mass is 19.1. The fraction of sp³-hybridized carbons (Fsp3) is 0.238. The Morgan fingerprint density at radius 2 is 1.89 bits per heavy atom. The van der Waals surface area contributed by atoms with Crippen LogP contribution in [0.1, 0.15) is 19.5 Å². The van der Waals surface area contributed by atoms with Crippen molar-refractivity contribution in [2.24, 2.45) is 0 Å². The summed E-state index contributed by atoms with van der Waals surface area (Å²) in [5.41, 5.74) is 2.39. The number of nitrogens with zero attached hydrogens (tertiary/aromatic N) is 1. The van der Waals surface area contributed by atoms with Gasteiger partial charge < -0.3 is 14.6 Å². The van der Waals surface area contributed by atoms with E-state index in [4.69, 9.17) is 9.47 Å². The summed E-state index contributed by atoms with van der Waals surface area (Å²) in [4.78, 5) is 16.3. The van der Waals surface area contributed by atoms with Crippen molar-refractivity contribution in [3.8, 4) is 22.8 Å². The summed E-state index contributed by atoms with van der Waals surface area (Å²) in [5, 5.41) is 11.3. The maximum absolute atomic E-state index is 13.4. The average molecular weight is 369 g/mol. The van der Waals surface area contributed by atoms with Gasteiger partial charge in [0.05, 0.1) is 12.8 Å². The van der Waals surface area contributed by atoms with E-state index in [2.05, 4.69) is 4.98 Å². The number of benzene rings is 2. The Balaban J connectivity index is 2.24. The van der Waals surface area contributed by atoms with Crippen LogP contribution < -0.4 is 4.74 Å². The number of phenolic OH excluding ortho intramolecular Hbond substituents is 1. The number of fused-ring (bicyclic) bond motifs is 1. The van der Waals surface area contributed by atoms with Crippen LogP contribution in [-0.2, 0) is 16.0 Å². The van der Waals surface area contributed by atoms with Crippen LogP contribution in [0.25, 0.3) is 21.9 Å². The molecule has 0 aliphatic rings. The number of esters is 1. The third-order valence-corrected chi connectivity index (χ3v) is 4.32. The summed E-state index contributed by atoms with van der Waals surface area (Å²) in [6.45, 7) is 3.52. The van der Waals surface area contributed by atoms with Gasteiger partial charge in [0.2, 0.25) is 5.88 Å². The van der Waals surface area contributed by atoms with Crippen LogP contribution in [0.4, 0.5) is 4.39 Å². The molecule has 3 aromatic rings. The summed E-state index contributed by atoms with van der Waals surface area (Å²) < 4.78 is 23.8. The lowest BCUT2D eigenvalue weighted by Gasteiger charge is -2.18. The van der Waals surface area contributed by atoms with Gasteiger partial charge in [0.1, 0.15) is 11.6 Å². The maximum Gasteiger partial charge on any atom is 0.346 e. The van der Waals surface area contributed by atoms with Crippen LogP contribution in [0.5, 0.6) is 11.6 Å². The van der Waals surface area contributed by atoms with E-state index in [1.807, 2.05) is 6.92 Å². The first-order valence-corrected chi connectivity index (χ1v) is 8.60. The molecule has 1 atom stereocenters. The van der Waals surface area contributed by atoms with Crippen LogP contribution in [-0.4, -0.2) is 29.3 Å². The summed E-state index contributed by atoms with van der Waals surface area (Å²) in [7, 11) is 1.29. The molecule has 1 aromatic heterocycles. The number of aromatic hydroxyl groups is 1. The molecular weight excluding hydrogens is 349 g/mol.